The SMILES string of the molecule is COc1ccc(/C=N\NC(=O)CCc2ccccc2)cc1O. The first kappa shape index (κ1) is 15.6. The summed E-state index contributed by atoms with van der Waals surface area (Å²) in [5.74, 6) is 0.267. The van der Waals surface area contributed by atoms with Crippen LogP contribution in [0.5, 0.6) is 11.5 Å². The van der Waals surface area contributed by atoms with Crippen LogP contribution in [0.3, 0.4) is 0 Å². The summed E-state index contributed by atoms with van der Waals surface area (Å²) < 4.78 is 4.95. The molecule has 0 heterocycles. The number of rotatable bonds is 6. The Morgan fingerprint density at radius 2 is 2.05 bits per heavy atom. The van der Waals surface area contributed by atoms with E-state index >= 15 is 0 Å². The van der Waals surface area contributed by atoms with Gasteiger partial charge in [-0.1, -0.05) is 30.3 Å². The number of methoxy groups -OCH3 is 1. The molecule has 0 spiro atoms. The Morgan fingerprint density at radius 1 is 1.27 bits per heavy atom. The minimum Gasteiger partial charge on any atom is -0.504 e. The fourth-order valence-corrected chi connectivity index (χ4v) is 1.92. The second-order valence-electron chi connectivity index (χ2n) is 4.71. The quantitative estimate of drug-likeness (QED) is 0.636. The van der Waals surface area contributed by atoms with Crippen molar-refractivity contribution in [1.82, 2.24) is 5.43 Å². The van der Waals surface area contributed by atoms with Gasteiger partial charge in [0.15, 0.2) is 11.5 Å². The average molecular weight is 298 g/mol. The van der Waals surface area contributed by atoms with Gasteiger partial charge in [-0.05, 0) is 35.7 Å². The zero-order valence-electron chi connectivity index (χ0n) is 12.3. The van der Waals surface area contributed by atoms with Crippen molar-refractivity contribution < 1.29 is 14.6 Å². The third kappa shape index (κ3) is 4.63. The molecule has 2 rings (SSSR count). The summed E-state index contributed by atoms with van der Waals surface area (Å²) in [5.41, 5.74) is 4.25. The highest BCUT2D eigenvalue weighted by molar-refractivity contribution is 5.83. The van der Waals surface area contributed by atoms with Crippen molar-refractivity contribution in [2.45, 2.75) is 12.8 Å². The molecule has 2 N–H and O–H groups in total. The van der Waals surface area contributed by atoms with Crippen LogP contribution < -0.4 is 10.2 Å². The van der Waals surface area contributed by atoms with Crippen LogP contribution in [0.2, 0.25) is 0 Å². The lowest BCUT2D eigenvalue weighted by molar-refractivity contribution is -0.121. The van der Waals surface area contributed by atoms with Crippen LogP contribution in [0.1, 0.15) is 17.5 Å². The Morgan fingerprint density at radius 3 is 2.73 bits per heavy atom. The lowest BCUT2D eigenvalue weighted by Crippen LogP contribution is -2.17. The molecule has 0 atom stereocenters. The molecule has 0 saturated heterocycles. The van der Waals surface area contributed by atoms with Gasteiger partial charge in [-0.25, -0.2) is 5.43 Å². The molecular weight excluding hydrogens is 280 g/mol. The zero-order chi connectivity index (χ0) is 15.8. The number of aryl methyl sites for hydroxylation is 1. The second kappa shape index (κ2) is 7.83. The summed E-state index contributed by atoms with van der Waals surface area (Å²) in [6.07, 6.45) is 2.51. The number of amides is 1. The second-order valence-corrected chi connectivity index (χ2v) is 4.71. The highest BCUT2D eigenvalue weighted by atomic mass is 16.5. The average Bonchev–Trinajstić information content (AvgIpc) is 2.54. The molecule has 0 fully saturated rings. The zero-order valence-corrected chi connectivity index (χ0v) is 12.3. The van der Waals surface area contributed by atoms with Gasteiger partial charge in [0.2, 0.25) is 5.91 Å². The summed E-state index contributed by atoms with van der Waals surface area (Å²) in [6.45, 7) is 0. The number of benzene rings is 2. The fraction of sp³-hybridized carbons (Fsp3) is 0.176. The number of hydrazone groups is 1. The highest BCUT2D eigenvalue weighted by Crippen LogP contribution is 2.25. The number of hydrogen-bond donors (Lipinski definition) is 2. The van der Waals surface area contributed by atoms with Gasteiger partial charge in [-0.3, -0.25) is 4.79 Å². The van der Waals surface area contributed by atoms with Crippen molar-refractivity contribution >= 4 is 12.1 Å². The monoisotopic (exact) mass is 298 g/mol. The topological polar surface area (TPSA) is 70.9 Å². The number of nitrogens with one attached hydrogen (secondary N) is 1. The van der Waals surface area contributed by atoms with E-state index < -0.39 is 0 Å². The first-order valence-corrected chi connectivity index (χ1v) is 6.92. The lowest BCUT2D eigenvalue weighted by atomic mass is 10.1. The van der Waals surface area contributed by atoms with Crippen LogP contribution in [0.25, 0.3) is 0 Å². The number of hydrogen-bond acceptors (Lipinski definition) is 4. The van der Waals surface area contributed by atoms with Crippen molar-refractivity contribution in [2.24, 2.45) is 5.10 Å². The van der Waals surface area contributed by atoms with Gasteiger partial charge in [0.25, 0.3) is 0 Å². The molecule has 2 aromatic carbocycles. The maximum atomic E-state index is 11.7. The normalized spacial score (nSPS) is 10.6. The summed E-state index contributed by atoms with van der Waals surface area (Å²) in [4.78, 5) is 11.7. The molecule has 0 aliphatic rings. The number of ether oxygens (including phenoxy) is 1. The van der Waals surface area contributed by atoms with E-state index in [4.69, 9.17) is 4.74 Å². The molecule has 0 aromatic heterocycles. The Hall–Kier alpha value is -2.82. The Kier molecular flexibility index (Phi) is 5.54. The molecule has 0 aliphatic carbocycles. The predicted molar refractivity (Wildman–Crippen MR) is 85.2 cm³/mol. The number of aromatic hydroxyl groups is 1. The van der Waals surface area contributed by atoms with Gasteiger partial charge in [0, 0.05) is 6.42 Å². The van der Waals surface area contributed by atoms with Crippen LogP contribution in [0.4, 0.5) is 0 Å². The molecular formula is C17H18N2O3. The molecule has 0 saturated carbocycles. The molecule has 22 heavy (non-hydrogen) atoms. The summed E-state index contributed by atoms with van der Waals surface area (Å²) in [6, 6.07) is 14.7. The van der Waals surface area contributed by atoms with E-state index in [1.165, 1.54) is 19.4 Å². The predicted octanol–water partition coefficient (Wildman–Crippen LogP) is 2.48. The van der Waals surface area contributed by atoms with Crippen molar-refractivity contribution in [1.29, 1.82) is 0 Å². The van der Waals surface area contributed by atoms with Crippen LogP contribution in [0.15, 0.2) is 53.6 Å². The lowest BCUT2D eigenvalue weighted by Gasteiger charge is -2.03. The van der Waals surface area contributed by atoms with Crippen LogP contribution in [-0.2, 0) is 11.2 Å². The molecule has 0 bridgehead atoms. The largest absolute Gasteiger partial charge is 0.504 e. The van der Waals surface area contributed by atoms with Gasteiger partial charge in [-0.15, -0.1) is 0 Å². The number of nitrogens with zero attached hydrogens (tertiary/aromatic N) is 1. The number of carbonyl (C=O) groups is 1. The minimum absolute atomic E-state index is 0.0295. The maximum Gasteiger partial charge on any atom is 0.240 e. The fourth-order valence-electron chi connectivity index (χ4n) is 1.92. The minimum atomic E-state index is -0.155. The first-order chi connectivity index (χ1) is 10.7. The molecule has 0 aliphatic heterocycles. The van der Waals surface area contributed by atoms with Crippen LogP contribution >= 0.6 is 0 Å². The summed E-state index contributed by atoms with van der Waals surface area (Å²) >= 11 is 0. The summed E-state index contributed by atoms with van der Waals surface area (Å²) in [5, 5.41) is 13.5. The molecule has 5 nitrogen and oxygen atoms in total. The summed E-state index contributed by atoms with van der Waals surface area (Å²) in [7, 11) is 1.48. The van der Waals surface area contributed by atoms with Crippen molar-refractivity contribution in [3.63, 3.8) is 0 Å². The third-order valence-corrected chi connectivity index (χ3v) is 3.09. The van der Waals surface area contributed by atoms with Gasteiger partial charge in [0.05, 0.1) is 13.3 Å². The molecule has 5 heteroatoms. The van der Waals surface area contributed by atoms with Gasteiger partial charge < -0.3 is 9.84 Å². The Labute approximate surface area is 129 Å². The highest BCUT2D eigenvalue weighted by Gasteiger charge is 2.02. The van der Waals surface area contributed by atoms with Gasteiger partial charge in [-0.2, -0.15) is 5.10 Å². The van der Waals surface area contributed by atoms with E-state index in [0.29, 0.717) is 24.2 Å². The molecule has 114 valence electrons. The molecule has 1 amide bonds. The third-order valence-electron chi connectivity index (χ3n) is 3.09. The maximum absolute atomic E-state index is 11.7. The molecule has 0 radical (unpaired) electrons. The number of carbonyl (C=O) groups excluding carboxylic acids is 1. The van der Waals surface area contributed by atoms with Gasteiger partial charge >= 0.3 is 0 Å². The van der Waals surface area contributed by atoms with E-state index in [1.807, 2.05) is 30.3 Å². The smallest absolute Gasteiger partial charge is 0.240 e. The van der Waals surface area contributed by atoms with E-state index in [1.54, 1.807) is 12.1 Å². The molecule has 2 aromatic rings. The van der Waals surface area contributed by atoms with E-state index in [-0.39, 0.29) is 11.7 Å². The van der Waals surface area contributed by atoms with E-state index in [2.05, 4.69) is 10.5 Å². The van der Waals surface area contributed by atoms with Crippen molar-refractivity contribution in [3.05, 3.63) is 59.7 Å². The Bertz CT molecular complexity index is 654. The van der Waals surface area contributed by atoms with Crippen molar-refractivity contribution in [3.8, 4) is 11.5 Å². The van der Waals surface area contributed by atoms with Crippen molar-refractivity contribution in [2.75, 3.05) is 7.11 Å². The van der Waals surface area contributed by atoms with Gasteiger partial charge in [0.1, 0.15) is 0 Å². The number of phenols is 1. The molecule has 0 unspecified atom stereocenters. The first-order valence-electron chi connectivity index (χ1n) is 6.92. The number of phenolic OH excluding ortho intramolecular Hbond substituents is 1. The van der Waals surface area contributed by atoms with E-state index in [0.717, 1.165) is 5.56 Å². The standard InChI is InChI=1S/C17H18N2O3/c1-22-16-9-7-14(11-15(16)20)12-18-19-17(21)10-8-13-5-3-2-4-6-13/h2-7,9,11-12,20H,8,10H2,1H3,(H,19,21)/b18-12-. The Balaban J connectivity index is 1.81. The van der Waals surface area contributed by atoms with Crippen LogP contribution in [-0.4, -0.2) is 24.3 Å². The van der Waals surface area contributed by atoms with E-state index in [9.17, 15) is 9.90 Å². The van der Waals surface area contributed by atoms with Crippen LogP contribution in [0, 0.1) is 0 Å².